The van der Waals surface area contributed by atoms with Crippen molar-refractivity contribution in [3.63, 3.8) is 0 Å². The lowest BCUT2D eigenvalue weighted by Crippen LogP contribution is -2.46. The Morgan fingerprint density at radius 2 is 2.03 bits per heavy atom. The Labute approximate surface area is 186 Å². The number of pyridine rings is 1. The van der Waals surface area contributed by atoms with Crippen LogP contribution in [0.25, 0.3) is 11.0 Å². The molecule has 0 bridgehead atoms. The molecule has 2 aromatic heterocycles. The second-order valence-electron chi connectivity index (χ2n) is 8.61. The number of hydrogen-bond donors (Lipinski definition) is 1. The molecule has 2 atom stereocenters. The van der Waals surface area contributed by atoms with Gasteiger partial charge in [0.2, 0.25) is 5.91 Å². The molecule has 4 heterocycles. The Morgan fingerprint density at radius 3 is 2.88 bits per heavy atom. The third-order valence-electron chi connectivity index (χ3n) is 6.56. The lowest BCUT2D eigenvalue weighted by molar-refractivity contribution is -0.135. The molecule has 0 spiro atoms. The summed E-state index contributed by atoms with van der Waals surface area (Å²) in [6.45, 7) is 2.52. The van der Waals surface area contributed by atoms with E-state index in [0.29, 0.717) is 30.9 Å². The van der Waals surface area contributed by atoms with E-state index in [1.807, 2.05) is 23.1 Å². The molecule has 5 rings (SSSR count). The van der Waals surface area contributed by atoms with Crippen molar-refractivity contribution in [1.29, 1.82) is 0 Å². The fraction of sp³-hybridized carbons (Fsp3) is 0.417. The number of piperidine rings is 1. The van der Waals surface area contributed by atoms with Gasteiger partial charge in [-0.25, -0.2) is 4.98 Å². The Morgan fingerprint density at radius 1 is 1.12 bits per heavy atom. The highest BCUT2D eigenvalue weighted by Crippen LogP contribution is 2.29. The van der Waals surface area contributed by atoms with Crippen molar-refractivity contribution >= 4 is 22.8 Å². The lowest BCUT2D eigenvalue weighted by atomic mass is 9.96. The number of nitrogens with one attached hydrogen (secondary N) is 1. The largest absolute Gasteiger partial charge is 0.497 e. The highest BCUT2D eigenvalue weighted by Gasteiger charge is 2.36. The maximum absolute atomic E-state index is 13.3. The molecule has 8 heteroatoms. The highest BCUT2D eigenvalue weighted by molar-refractivity contribution is 5.95. The zero-order valence-corrected chi connectivity index (χ0v) is 18.2. The molecular formula is C24H27N5O3. The molecule has 2 fully saturated rings. The van der Waals surface area contributed by atoms with Gasteiger partial charge < -0.3 is 19.5 Å². The number of methoxy groups -OCH3 is 1. The maximum atomic E-state index is 13.3. The van der Waals surface area contributed by atoms with Crippen LogP contribution in [0.1, 0.15) is 41.4 Å². The molecule has 2 unspecified atom stereocenters. The van der Waals surface area contributed by atoms with Crippen molar-refractivity contribution < 1.29 is 14.3 Å². The number of nitrogens with zero attached hydrogens (tertiary/aromatic N) is 4. The zero-order valence-electron chi connectivity index (χ0n) is 18.2. The summed E-state index contributed by atoms with van der Waals surface area (Å²) in [4.78, 5) is 42.2. The van der Waals surface area contributed by atoms with Crippen molar-refractivity contribution in [2.24, 2.45) is 5.92 Å². The minimum Gasteiger partial charge on any atom is -0.497 e. The number of amides is 2. The van der Waals surface area contributed by atoms with Gasteiger partial charge in [0.15, 0.2) is 0 Å². The third-order valence-corrected chi connectivity index (χ3v) is 6.56. The molecule has 0 aliphatic carbocycles. The summed E-state index contributed by atoms with van der Waals surface area (Å²) in [5.74, 6) is 1.72. The Bertz CT molecular complexity index is 1110. The predicted octanol–water partition coefficient (Wildman–Crippen LogP) is 2.83. The van der Waals surface area contributed by atoms with E-state index in [1.165, 1.54) is 0 Å². The van der Waals surface area contributed by atoms with Crippen LogP contribution in [0.5, 0.6) is 5.75 Å². The van der Waals surface area contributed by atoms with Crippen molar-refractivity contribution in [3.8, 4) is 5.75 Å². The molecule has 2 aliphatic heterocycles. The standard InChI is InChI=1S/C24H27N5O3/c1-32-19-6-2-4-16(12-19)23(30)28-10-3-5-18(15-28)24(31)29-11-8-17(14-29)22-26-20-7-9-25-13-21(20)27-22/h2,4,6-7,9,12-13,17-18H,3,5,8,10-11,14-15H2,1H3,(H,26,27). The number of aromatic nitrogens is 3. The summed E-state index contributed by atoms with van der Waals surface area (Å²) in [5, 5.41) is 0. The smallest absolute Gasteiger partial charge is 0.254 e. The second-order valence-corrected chi connectivity index (χ2v) is 8.61. The van der Waals surface area contributed by atoms with Gasteiger partial charge in [-0.15, -0.1) is 0 Å². The van der Waals surface area contributed by atoms with Crippen molar-refractivity contribution in [2.75, 3.05) is 33.3 Å². The number of carbonyl (C=O) groups is 2. The van der Waals surface area contributed by atoms with Gasteiger partial charge >= 0.3 is 0 Å². The van der Waals surface area contributed by atoms with Crippen molar-refractivity contribution in [1.82, 2.24) is 24.8 Å². The average Bonchev–Trinajstić information content (AvgIpc) is 3.50. The van der Waals surface area contributed by atoms with Crippen LogP contribution in [-0.4, -0.2) is 69.9 Å². The Hall–Kier alpha value is -3.42. The topological polar surface area (TPSA) is 91.4 Å². The molecule has 166 valence electrons. The third kappa shape index (κ3) is 3.92. The van der Waals surface area contributed by atoms with Crippen molar-refractivity contribution in [3.05, 3.63) is 54.1 Å². The van der Waals surface area contributed by atoms with Crippen LogP contribution in [0, 0.1) is 5.92 Å². The summed E-state index contributed by atoms with van der Waals surface area (Å²) in [6.07, 6.45) is 6.05. The fourth-order valence-corrected chi connectivity index (χ4v) is 4.81. The van der Waals surface area contributed by atoms with Crippen molar-refractivity contribution in [2.45, 2.75) is 25.2 Å². The van der Waals surface area contributed by atoms with E-state index < -0.39 is 0 Å². The minimum atomic E-state index is -0.156. The maximum Gasteiger partial charge on any atom is 0.254 e. The first-order valence-corrected chi connectivity index (χ1v) is 11.1. The van der Waals surface area contributed by atoms with Gasteiger partial charge in [0.1, 0.15) is 11.6 Å². The SMILES string of the molecule is COc1cccc(C(=O)N2CCCC(C(=O)N3CCC(c4nc5ccncc5[nH]4)C3)C2)c1. The van der Waals surface area contributed by atoms with Gasteiger partial charge in [0, 0.05) is 43.9 Å². The van der Waals surface area contributed by atoms with Crippen LogP contribution in [0.4, 0.5) is 0 Å². The monoisotopic (exact) mass is 433 g/mol. The molecule has 1 N–H and O–H groups in total. The first-order valence-electron chi connectivity index (χ1n) is 11.1. The van der Waals surface area contributed by atoms with E-state index in [9.17, 15) is 9.59 Å². The molecule has 2 aliphatic rings. The van der Waals surface area contributed by atoms with Crippen LogP contribution in [-0.2, 0) is 4.79 Å². The second kappa shape index (κ2) is 8.61. The number of imidazole rings is 1. The summed E-state index contributed by atoms with van der Waals surface area (Å²) >= 11 is 0. The van der Waals surface area contributed by atoms with Gasteiger partial charge in [0.25, 0.3) is 5.91 Å². The summed E-state index contributed by atoms with van der Waals surface area (Å²) < 4.78 is 5.24. The van der Waals surface area contributed by atoms with E-state index >= 15 is 0 Å². The van der Waals surface area contributed by atoms with E-state index in [1.54, 1.807) is 36.5 Å². The number of hydrogen-bond acceptors (Lipinski definition) is 5. The number of carbonyl (C=O) groups excluding carboxylic acids is 2. The molecule has 8 nitrogen and oxygen atoms in total. The molecule has 2 amide bonds. The van der Waals surface area contributed by atoms with Gasteiger partial charge in [-0.3, -0.25) is 14.6 Å². The first-order chi connectivity index (χ1) is 15.6. The van der Waals surface area contributed by atoms with E-state index in [4.69, 9.17) is 4.74 Å². The lowest BCUT2D eigenvalue weighted by Gasteiger charge is -2.34. The van der Waals surface area contributed by atoms with Gasteiger partial charge in [0.05, 0.1) is 30.3 Å². The first kappa shape index (κ1) is 20.5. The predicted molar refractivity (Wildman–Crippen MR) is 119 cm³/mol. The number of likely N-dealkylation sites (tertiary alicyclic amines) is 2. The van der Waals surface area contributed by atoms with Gasteiger partial charge in [-0.05, 0) is 43.5 Å². The van der Waals surface area contributed by atoms with Crippen LogP contribution in [0.2, 0.25) is 0 Å². The molecular weight excluding hydrogens is 406 g/mol. The summed E-state index contributed by atoms with van der Waals surface area (Å²) in [7, 11) is 1.59. The fourth-order valence-electron chi connectivity index (χ4n) is 4.81. The van der Waals surface area contributed by atoms with Gasteiger partial charge in [-0.2, -0.15) is 0 Å². The summed E-state index contributed by atoms with van der Waals surface area (Å²) in [6, 6.07) is 9.08. The number of H-pyrrole nitrogens is 1. The molecule has 1 aromatic carbocycles. The van der Waals surface area contributed by atoms with E-state index in [-0.39, 0.29) is 23.7 Å². The molecule has 2 saturated heterocycles. The number of fused-ring (bicyclic) bond motifs is 1. The normalized spacial score (nSPS) is 21.2. The molecule has 3 aromatic rings. The molecule has 32 heavy (non-hydrogen) atoms. The van der Waals surface area contributed by atoms with Crippen LogP contribution < -0.4 is 4.74 Å². The summed E-state index contributed by atoms with van der Waals surface area (Å²) in [5.41, 5.74) is 2.42. The number of aromatic amines is 1. The van der Waals surface area contributed by atoms with E-state index in [0.717, 1.165) is 42.7 Å². The zero-order chi connectivity index (χ0) is 22.1. The Balaban J connectivity index is 1.24. The number of benzene rings is 1. The highest BCUT2D eigenvalue weighted by atomic mass is 16.5. The van der Waals surface area contributed by atoms with Crippen LogP contribution in [0.3, 0.4) is 0 Å². The number of ether oxygens (including phenoxy) is 1. The van der Waals surface area contributed by atoms with E-state index in [2.05, 4.69) is 15.0 Å². The minimum absolute atomic E-state index is 0.0448. The van der Waals surface area contributed by atoms with Crippen LogP contribution >= 0.6 is 0 Å². The van der Waals surface area contributed by atoms with Gasteiger partial charge in [-0.1, -0.05) is 6.07 Å². The van der Waals surface area contributed by atoms with Crippen LogP contribution in [0.15, 0.2) is 42.7 Å². The Kier molecular flexibility index (Phi) is 5.51. The molecule has 0 radical (unpaired) electrons. The molecule has 0 saturated carbocycles. The number of rotatable bonds is 4. The average molecular weight is 434 g/mol. The quantitative estimate of drug-likeness (QED) is 0.683.